The van der Waals surface area contributed by atoms with Gasteiger partial charge in [0.25, 0.3) is 0 Å². The lowest BCUT2D eigenvalue weighted by molar-refractivity contribution is 0.208. The highest BCUT2D eigenvalue weighted by Gasteiger charge is 2.27. The van der Waals surface area contributed by atoms with Gasteiger partial charge in [0, 0.05) is 61.9 Å². The molecule has 2 aliphatic rings. The number of hydrogen-bond donors (Lipinski definition) is 2. The summed E-state index contributed by atoms with van der Waals surface area (Å²) in [4.78, 5) is 20.6. The van der Waals surface area contributed by atoms with Crippen molar-refractivity contribution in [3.8, 4) is 0 Å². The van der Waals surface area contributed by atoms with Gasteiger partial charge in [0.15, 0.2) is 5.82 Å². The van der Waals surface area contributed by atoms with Crippen LogP contribution in [0.5, 0.6) is 0 Å². The molecule has 2 aromatic rings. The molecule has 1 aliphatic carbocycles. The molecule has 7 nitrogen and oxygen atoms in total. The van der Waals surface area contributed by atoms with Crippen molar-refractivity contribution in [3.05, 3.63) is 35.8 Å². The first-order valence-corrected chi connectivity index (χ1v) is 8.47. The van der Waals surface area contributed by atoms with Crippen LogP contribution in [0.2, 0.25) is 0 Å². The molecule has 1 saturated heterocycles. The van der Waals surface area contributed by atoms with Crippen molar-refractivity contribution in [1.82, 2.24) is 20.1 Å². The highest BCUT2D eigenvalue weighted by Crippen LogP contribution is 2.39. The fraction of sp³-hybridized carbons (Fsp3) is 0.471. The van der Waals surface area contributed by atoms with Crippen molar-refractivity contribution in [2.45, 2.75) is 25.7 Å². The van der Waals surface area contributed by atoms with Gasteiger partial charge in [-0.3, -0.25) is 10.1 Å². The van der Waals surface area contributed by atoms with Crippen LogP contribution in [0, 0.1) is 6.92 Å². The quantitative estimate of drug-likeness (QED) is 0.907. The Morgan fingerprint density at radius 3 is 2.79 bits per heavy atom. The van der Waals surface area contributed by atoms with Crippen LogP contribution in [0.1, 0.15) is 30.0 Å². The lowest BCUT2D eigenvalue weighted by Crippen LogP contribution is -2.50. The minimum atomic E-state index is -0.0513. The molecule has 0 spiro atoms. The maximum Gasteiger partial charge on any atom is 0.321 e. The summed E-state index contributed by atoms with van der Waals surface area (Å²) in [6.45, 7) is 4.94. The molecule has 2 amide bonds. The molecule has 2 N–H and O–H groups in total. The normalized spacial score (nSPS) is 17.9. The van der Waals surface area contributed by atoms with Crippen molar-refractivity contribution >= 4 is 17.5 Å². The number of piperazine rings is 1. The molecule has 0 aromatic carbocycles. The minimum Gasteiger partial charge on any atom is -0.352 e. The Labute approximate surface area is 141 Å². The van der Waals surface area contributed by atoms with Gasteiger partial charge in [0.2, 0.25) is 0 Å². The van der Waals surface area contributed by atoms with Gasteiger partial charge in [-0.2, -0.15) is 5.10 Å². The molecule has 24 heavy (non-hydrogen) atoms. The average molecular weight is 326 g/mol. The molecule has 1 saturated carbocycles. The molecular weight excluding hydrogens is 304 g/mol. The van der Waals surface area contributed by atoms with Crippen LogP contribution >= 0.6 is 0 Å². The molecular formula is C17H22N6O. The highest BCUT2D eigenvalue weighted by molar-refractivity contribution is 5.90. The molecule has 2 fully saturated rings. The van der Waals surface area contributed by atoms with Gasteiger partial charge >= 0.3 is 6.03 Å². The number of nitrogens with zero attached hydrogens (tertiary/aromatic N) is 4. The molecule has 7 heteroatoms. The SMILES string of the molecule is Cc1cnccc1NC(=O)N1CCN(c2cc(C3CC3)[nH]n2)CC1. The molecule has 0 atom stereocenters. The molecule has 1 aliphatic heterocycles. The standard InChI is InChI=1S/C17H22N6O/c1-12-11-18-5-4-14(12)19-17(24)23-8-6-22(7-9-23)16-10-15(20-21-16)13-2-3-13/h4-5,10-11,13H,2-3,6-9H2,1H3,(H,20,21)(H,18,19,24). The first kappa shape index (κ1) is 15.0. The van der Waals surface area contributed by atoms with Crippen LogP contribution in [-0.2, 0) is 0 Å². The second-order valence-electron chi connectivity index (χ2n) is 6.55. The van der Waals surface area contributed by atoms with Crippen LogP contribution in [0.15, 0.2) is 24.5 Å². The Balaban J connectivity index is 1.33. The number of hydrogen-bond acceptors (Lipinski definition) is 4. The number of rotatable bonds is 3. The largest absolute Gasteiger partial charge is 0.352 e. The number of nitrogens with one attached hydrogen (secondary N) is 2. The number of carbonyl (C=O) groups is 1. The van der Waals surface area contributed by atoms with E-state index in [1.54, 1.807) is 12.4 Å². The summed E-state index contributed by atoms with van der Waals surface area (Å²) < 4.78 is 0. The van der Waals surface area contributed by atoms with E-state index in [2.05, 4.69) is 31.5 Å². The van der Waals surface area contributed by atoms with Gasteiger partial charge in [0.05, 0.1) is 0 Å². The third-order valence-electron chi connectivity index (χ3n) is 4.75. The minimum absolute atomic E-state index is 0.0513. The number of anilines is 2. The summed E-state index contributed by atoms with van der Waals surface area (Å²) in [6, 6.07) is 3.94. The second-order valence-corrected chi connectivity index (χ2v) is 6.55. The smallest absolute Gasteiger partial charge is 0.321 e. The van der Waals surface area contributed by atoms with Crippen LogP contribution in [0.4, 0.5) is 16.3 Å². The maximum atomic E-state index is 12.4. The van der Waals surface area contributed by atoms with Gasteiger partial charge in [-0.15, -0.1) is 0 Å². The highest BCUT2D eigenvalue weighted by atomic mass is 16.2. The zero-order valence-electron chi connectivity index (χ0n) is 13.8. The molecule has 3 heterocycles. The number of aryl methyl sites for hydroxylation is 1. The topological polar surface area (TPSA) is 77.2 Å². The Bertz CT molecular complexity index is 730. The monoisotopic (exact) mass is 326 g/mol. The lowest BCUT2D eigenvalue weighted by Gasteiger charge is -2.34. The summed E-state index contributed by atoms with van der Waals surface area (Å²) in [5, 5.41) is 10.5. The fourth-order valence-corrected chi connectivity index (χ4v) is 3.04. The van der Waals surface area contributed by atoms with E-state index in [0.29, 0.717) is 19.0 Å². The van der Waals surface area contributed by atoms with Gasteiger partial charge in [-0.05, 0) is 31.4 Å². The van der Waals surface area contributed by atoms with Crippen molar-refractivity contribution in [1.29, 1.82) is 0 Å². The summed E-state index contributed by atoms with van der Waals surface area (Å²) in [5.74, 6) is 1.68. The zero-order chi connectivity index (χ0) is 16.5. The number of pyridine rings is 1. The van der Waals surface area contributed by atoms with Crippen LogP contribution in [0.25, 0.3) is 0 Å². The van der Waals surface area contributed by atoms with Crippen LogP contribution < -0.4 is 10.2 Å². The Morgan fingerprint density at radius 1 is 1.29 bits per heavy atom. The van der Waals surface area contributed by atoms with Gasteiger partial charge < -0.3 is 15.1 Å². The van der Waals surface area contributed by atoms with Gasteiger partial charge in [-0.1, -0.05) is 0 Å². The third-order valence-corrected chi connectivity index (χ3v) is 4.75. The van der Waals surface area contributed by atoms with Crippen LogP contribution in [-0.4, -0.2) is 52.3 Å². The van der Waals surface area contributed by atoms with E-state index in [1.807, 2.05) is 17.9 Å². The summed E-state index contributed by atoms with van der Waals surface area (Å²) >= 11 is 0. The Kier molecular flexibility index (Phi) is 3.84. The first-order chi connectivity index (χ1) is 11.7. The molecule has 0 unspecified atom stereocenters. The van der Waals surface area contributed by atoms with Crippen molar-refractivity contribution in [2.24, 2.45) is 0 Å². The van der Waals surface area contributed by atoms with Gasteiger partial charge in [-0.25, -0.2) is 4.79 Å². The number of urea groups is 1. The van der Waals surface area contributed by atoms with E-state index in [4.69, 9.17) is 0 Å². The Morgan fingerprint density at radius 2 is 2.08 bits per heavy atom. The average Bonchev–Trinajstić information content (AvgIpc) is 3.34. The number of amides is 2. The Hall–Kier alpha value is -2.57. The first-order valence-electron chi connectivity index (χ1n) is 8.47. The summed E-state index contributed by atoms with van der Waals surface area (Å²) in [6.07, 6.45) is 5.98. The number of H-pyrrole nitrogens is 1. The van der Waals surface area contributed by atoms with E-state index in [9.17, 15) is 4.79 Å². The number of carbonyl (C=O) groups excluding carboxylic acids is 1. The molecule has 0 bridgehead atoms. The van der Waals surface area contributed by atoms with E-state index >= 15 is 0 Å². The summed E-state index contributed by atoms with van der Waals surface area (Å²) in [5.41, 5.74) is 3.03. The van der Waals surface area contributed by atoms with E-state index < -0.39 is 0 Å². The fourth-order valence-electron chi connectivity index (χ4n) is 3.04. The predicted octanol–water partition coefficient (Wildman–Crippen LogP) is 2.34. The van der Waals surface area contributed by atoms with Crippen molar-refractivity contribution in [3.63, 3.8) is 0 Å². The zero-order valence-corrected chi connectivity index (χ0v) is 13.8. The third kappa shape index (κ3) is 3.06. The second kappa shape index (κ2) is 6.14. The predicted molar refractivity (Wildman–Crippen MR) is 92.3 cm³/mol. The molecule has 0 radical (unpaired) electrons. The number of aromatic amines is 1. The maximum absolute atomic E-state index is 12.4. The van der Waals surface area contributed by atoms with E-state index in [-0.39, 0.29) is 6.03 Å². The number of aromatic nitrogens is 3. The van der Waals surface area contributed by atoms with E-state index in [0.717, 1.165) is 30.2 Å². The van der Waals surface area contributed by atoms with Crippen LogP contribution in [0.3, 0.4) is 0 Å². The summed E-state index contributed by atoms with van der Waals surface area (Å²) in [7, 11) is 0. The van der Waals surface area contributed by atoms with E-state index in [1.165, 1.54) is 18.5 Å². The molecule has 126 valence electrons. The molecule has 4 rings (SSSR count). The van der Waals surface area contributed by atoms with Crippen molar-refractivity contribution < 1.29 is 4.79 Å². The molecule has 2 aromatic heterocycles. The van der Waals surface area contributed by atoms with Gasteiger partial charge in [0.1, 0.15) is 0 Å². The van der Waals surface area contributed by atoms with Crippen molar-refractivity contribution in [2.75, 3.05) is 36.4 Å². The lowest BCUT2D eigenvalue weighted by atomic mass is 10.2.